The number of hydrogen-bond donors (Lipinski definition) is 2. The summed E-state index contributed by atoms with van der Waals surface area (Å²) >= 11 is 0. The molecule has 43 heavy (non-hydrogen) atoms. The minimum atomic E-state index is -0.340. The third-order valence-electron chi connectivity index (χ3n) is 8.91. The molecule has 6 nitrogen and oxygen atoms in total. The van der Waals surface area contributed by atoms with Crippen LogP contribution in [0.1, 0.15) is 100 Å². The molecule has 3 aromatic carbocycles. The van der Waals surface area contributed by atoms with Crippen LogP contribution in [0.4, 0.5) is 5.69 Å². The third kappa shape index (κ3) is 7.85. The number of aryl methyl sites for hydroxylation is 1. The number of nitrogens with one attached hydrogen (secondary N) is 1. The van der Waals surface area contributed by atoms with Crippen molar-refractivity contribution in [1.82, 2.24) is 0 Å². The molecular formula is C37H46N2O4. The maximum atomic E-state index is 13.7. The van der Waals surface area contributed by atoms with E-state index in [9.17, 15) is 9.59 Å². The Bertz CT molecular complexity index is 1370. The Balaban J connectivity index is 1.33. The van der Waals surface area contributed by atoms with E-state index in [2.05, 4.69) is 44.3 Å². The molecule has 2 aliphatic rings. The van der Waals surface area contributed by atoms with Crippen LogP contribution in [0, 0.1) is 5.92 Å². The Morgan fingerprint density at radius 2 is 1.60 bits per heavy atom. The van der Waals surface area contributed by atoms with Crippen LogP contribution in [0.3, 0.4) is 0 Å². The maximum Gasteiger partial charge on any atom is 0.319 e. The van der Waals surface area contributed by atoms with Gasteiger partial charge < -0.3 is 20.5 Å². The van der Waals surface area contributed by atoms with Gasteiger partial charge in [0.05, 0.1) is 6.54 Å². The first-order valence-electron chi connectivity index (χ1n) is 15.9. The molecule has 1 saturated carbocycles. The molecule has 6 heteroatoms. The fraction of sp³-hybridized carbons (Fsp3) is 0.459. The summed E-state index contributed by atoms with van der Waals surface area (Å²) in [5.41, 5.74) is 10.5. The summed E-state index contributed by atoms with van der Waals surface area (Å²) in [7, 11) is 0. The largest absolute Gasteiger partial charge is 0.461 e. The van der Waals surface area contributed by atoms with Gasteiger partial charge in [-0.25, -0.2) is 0 Å². The molecule has 0 bridgehead atoms. The molecular weight excluding hydrogens is 536 g/mol. The normalized spacial score (nSPS) is 16.0. The topological polar surface area (TPSA) is 90.6 Å². The van der Waals surface area contributed by atoms with E-state index in [-0.39, 0.29) is 35.9 Å². The number of benzene rings is 3. The first-order valence-corrected chi connectivity index (χ1v) is 15.9. The molecule has 1 fully saturated rings. The van der Waals surface area contributed by atoms with E-state index in [1.54, 1.807) is 0 Å². The minimum absolute atomic E-state index is 0.0359. The lowest BCUT2D eigenvalue weighted by molar-refractivity contribution is -0.148. The smallest absolute Gasteiger partial charge is 0.319 e. The van der Waals surface area contributed by atoms with Crippen LogP contribution in [0.15, 0.2) is 66.7 Å². The number of amides is 1. The van der Waals surface area contributed by atoms with E-state index < -0.39 is 0 Å². The Morgan fingerprint density at radius 3 is 2.23 bits per heavy atom. The van der Waals surface area contributed by atoms with Gasteiger partial charge in [-0.2, -0.15) is 0 Å². The Hall–Kier alpha value is -3.64. The van der Waals surface area contributed by atoms with Gasteiger partial charge in [0.25, 0.3) is 0 Å². The Morgan fingerprint density at radius 1 is 0.953 bits per heavy atom. The summed E-state index contributed by atoms with van der Waals surface area (Å²) in [6.45, 7) is 6.39. The summed E-state index contributed by atoms with van der Waals surface area (Å²) in [5.74, 6) is 1.73. The molecule has 0 unspecified atom stereocenters. The first-order chi connectivity index (χ1) is 20.7. The lowest BCUT2D eigenvalue weighted by Crippen LogP contribution is -2.27. The molecule has 0 spiro atoms. The third-order valence-corrected chi connectivity index (χ3v) is 8.91. The number of ether oxygens (including phenoxy) is 2. The van der Waals surface area contributed by atoms with Crippen molar-refractivity contribution in [1.29, 1.82) is 0 Å². The molecule has 0 saturated heterocycles. The fourth-order valence-electron chi connectivity index (χ4n) is 6.70. The summed E-state index contributed by atoms with van der Waals surface area (Å²) in [5, 5.41) is 3.28. The van der Waals surface area contributed by atoms with Gasteiger partial charge in [0.1, 0.15) is 17.6 Å². The lowest BCUT2D eigenvalue weighted by Gasteiger charge is -2.28. The zero-order valence-electron chi connectivity index (χ0n) is 25.9. The van der Waals surface area contributed by atoms with Crippen LogP contribution in [0.25, 0.3) is 0 Å². The van der Waals surface area contributed by atoms with Crippen molar-refractivity contribution in [3.05, 3.63) is 89.0 Å². The second kappa shape index (κ2) is 13.8. The van der Waals surface area contributed by atoms with Crippen LogP contribution >= 0.6 is 0 Å². The fourth-order valence-corrected chi connectivity index (χ4v) is 6.70. The van der Waals surface area contributed by atoms with Gasteiger partial charge in [-0.05, 0) is 59.9 Å². The molecule has 3 N–H and O–H groups in total. The number of para-hydroxylation sites is 2. The standard InChI is InChI=1S/C37H46N2O4/c1-37(2,3)31-20-18-26(17-19-27(42-36(41)24-38)21-25-11-5-4-6-12-25)22-32(31)39-35(40)23-30-28-13-7-9-15-33(28)43-34-16-10-8-14-29(30)34/h7-10,13-16,18,20,22,25,27,30H,4-6,11-12,17,19,21,23-24,38H2,1-3H3,(H,39,40)/t27-/m0/s1. The van der Waals surface area contributed by atoms with Gasteiger partial charge in [-0.3, -0.25) is 9.59 Å². The summed E-state index contributed by atoms with van der Waals surface area (Å²) in [6, 6.07) is 22.3. The molecule has 0 radical (unpaired) electrons. The van der Waals surface area contributed by atoms with E-state index in [0.717, 1.165) is 58.7 Å². The Kier molecular flexibility index (Phi) is 9.86. The van der Waals surface area contributed by atoms with Crippen molar-refractivity contribution in [2.45, 2.75) is 96.0 Å². The second-order valence-corrected chi connectivity index (χ2v) is 13.2. The van der Waals surface area contributed by atoms with Crippen molar-refractivity contribution in [3.8, 4) is 11.5 Å². The summed E-state index contributed by atoms with van der Waals surface area (Å²) in [6.07, 6.45) is 8.76. The molecule has 1 aliphatic carbocycles. The van der Waals surface area contributed by atoms with E-state index in [0.29, 0.717) is 12.3 Å². The molecule has 228 valence electrons. The number of esters is 1. The zero-order chi connectivity index (χ0) is 30.4. The van der Waals surface area contributed by atoms with E-state index in [4.69, 9.17) is 15.2 Å². The molecule has 1 atom stereocenters. The number of fused-ring (bicyclic) bond motifs is 2. The number of nitrogens with two attached hydrogens (primary N) is 1. The number of anilines is 1. The van der Waals surface area contributed by atoms with Gasteiger partial charge in [0, 0.05) is 29.2 Å². The van der Waals surface area contributed by atoms with Gasteiger partial charge in [-0.15, -0.1) is 0 Å². The van der Waals surface area contributed by atoms with Crippen LogP contribution in [-0.2, 0) is 26.2 Å². The predicted octanol–water partition coefficient (Wildman–Crippen LogP) is 8.02. The van der Waals surface area contributed by atoms with E-state index in [1.807, 2.05) is 48.5 Å². The number of carbonyl (C=O) groups excluding carboxylic acids is 2. The quantitative estimate of drug-likeness (QED) is 0.236. The highest BCUT2D eigenvalue weighted by molar-refractivity contribution is 5.93. The van der Waals surface area contributed by atoms with Crippen molar-refractivity contribution < 1.29 is 19.1 Å². The monoisotopic (exact) mass is 582 g/mol. The SMILES string of the molecule is CC(C)(C)c1ccc(CC[C@@H](CC2CCCCC2)OC(=O)CN)cc1NC(=O)CC1c2ccccc2Oc2ccccc21. The van der Waals surface area contributed by atoms with Crippen molar-refractivity contribution in [2.24, 2.45) is 11.7 Å². The second-order valence-electron chi connectivity index (χ2n) is 13.2. The minimum Gasteiger partial charge on any atom is -0.461 e. The zero-order valence-corrected chi connectivity index (χ0v) is 25.9. The highest BCUT2D eigenvalue weighted by Crippen LogP contribution is 2.45. The molecule has 1 amide bonds. The van der Waals surface area contributed by atoms with Crippen molar-refractivity contribution in [3.63, 3.8) is 0 Å². The summed E-state index contributed by atoms with van der Waals surface area (Å²) < 4.78 is 11.9. The first kappa shape index (κ1) is 30.8. The maximum absolute atomic E-state index is 13.7. The highest BCUT2D eigenvalue weighted by atomic mass is 16.5. The van der Waals surface area contributed by atoms with Crippen LogP contribution in [-0.4, -0.2) is 24.5 Å². The molecule has 5 rings (SSSR count). The highest BCUT2D eigenvalue weighted by Gasteiger charge is 2.29. The van der Waals surface area contributed by atoms with E-state index in [1.165, 1.54) is 32.1 Å². The molecule has 1 heterocycles. The van der Waals surface area contributed by atoms with E-state index >= 15 is 0 Å². The number of rotatable bonds is 10. The van der Waals surface area contributed by atoms with Crippen LogP contribution in [0.5, 0.6) is 11.5 Å². The van der Waals surface area contributed by atoms with Gasteiger partial charge in [-0.1, -0.05) is 101 Å². The summed E-state index contributed by atoms with van der Waals surface area (Å²) in [4.78, 5) is 25.8. The average Bonchev–Trinajstić information content (AvgIpc) is 2.99. The average molecular weight is 583 g/mol. The Labute approximate surface area is 256 Å². The molecule has 0 aromatic heterocycles. The van der Waals surface area contributed by atoms with Crippen LogP contribution < -0.4 is 15.8 Å². The number of carbonyl (C=O) groups is 2. The van der Waals surface area contributed by atoms with Crippen molar-refractivity contribution >= 4 is 17.6 Å². The van der Waals surface area contributed by atoms with Crippen LogP contribution in [0.2, 0.25) is 0 Å². The van der Waals surface area contributed by atoms with Gasteiger partial charge >= 0.3 is 5.97 Å². The lowest BCUT2D eigenvalue weighted by atomic mass is 9.83. The predicted molar refractivity (Wildman–Crippen MR) is 172 cm³/mol. The molecule has 3 aromatic rings. The van der Waals surface area contributed by atoms with Gasteiger partial charge in [0.2, 0.25) is 5.91 Å². The number of hydrogen-bond acceptors (Lipinski definition) is 5. The molecule has 1 aliphatic heterocycles. The van der Waals surface area contributed by atoms with Gasteiger partial charge in [0.15, 0.2) is 0 Å². The van der Waals surface area contributed by atoms with Crippen molar-refractivity contribution in [2.75, 3.05) is 11.9 Å².